The van der Waals surface area contributed by atoms with Gasteiger partial charge in [0.25, 0.3) is 5.56 Å². The van der Waals surface area contributed by atoms with E-state index in [9.17, 15) is 14.7 Å². The van der Waals surface area contributed by atoms with Crippen LogP contribution >= 0.6 is 0 Å². The van der Waals surface area contributed by atoms with E-state index in [2.05, 4.69) is 9.97 Å². The third kappa shape index (κ3) is 3.87. The van der Waals surface area contributed by atoms with Crippen molar-refractivity contribution in [2.75, 3.05) is 26.2 Å². The lowest BCUT2D eigenvalue weighted by Gasteiger charge is -2.20. The summed E-state index contributed by atoms with van der Waals surface area (Å²) in [6.07, 6.45) is 1.94. The van der Waals surface area contributed by atoms with Crippen LogP contribution in [0.2, 0.25) is 0 Å². The van der Waals surface area contributed by atoms with Crippen molar-refractivity contribution in [3.05, 3.63) is 68.5 Å². The first-order valence-electron chi connectivity index (χ1n) is 10.7. The second kappa shape index (κ2) is 8.97. The zero-order valence-corrected chi connectivity index (χ0v) is 19.7. The summed E-state index contributed by atoms with van der Waals surface area (Å²) in [6.45, 7) is 2.34. The third-order valence-electron chi connectivity index (χ3n) is 5.76. The van der Waals surface area contributed by atoms with Crippen molar-refractivity contribution in [2.45, 2.75) is 19.9 Å². The zero-order chi connectivity index (χ0) is 24.6. The van der Waals surface area contributed by atoms with Crippen molar-refractivity contribution in [3.63, 3.8) is 0 Å². The maximum atomic E-state index is 13.0. The van der Waals surface area contributed by atoms with Gasteiger partial charge < -0.3 is 19.5 Å². The van der Waals surface area contributed by atoms with E-state index in [0.29, 0.717) is 47.0 Å². The predicted octanol–water partition coefficient (Wildman–Crippen LogP) is 2.33. The highest BCUT2D eigenvalue weighted by molar-refractivity contribution is 5.87. The van der Waals surface area contributed by atoms with Gasteiger partial charge in [-0.1, -0.05) is 19.1 Å². The normalized spacial score (nSPS) is 11.1. The number of aromatic nitrogens is 4. The Kier molecular flexibility index (Phi) is 6.06. The Hall–Kier alpha value is -4.21. The van der Waals surface area contributed by atoms with Crippen molar-refractivity contribution < 1.29 is 14.6 Å². The van der Waals surface area contributed by atoms with Gasteiger partial charge in [-0.15, -0.1) is 0 Å². The van der Waals surface area contributed by atoms with Crippen LogP contribution in [0.1, 0.15) is 18.1 Å². The first kappa shape index (κ1) is 23.0. The molecular formula is C24H27N5O5. The summed E-state index contributed by atoms with van der Waals surface area (Å²) in [5.74, 6) is 1.29. The number of hydrogen-bond acceptors (Lipinski definition) is 7. The van der Waals surface area contributed by atoms with Crippen LogP contribution in [0.5, 0.6) is 17.4 Å². The number of benzene rings is 2. The molecule has 0 amide bonds. The van der Waals surface area contributed by atoms with Crippen molar-refractivity contribution in [2.24, 2.45) is 7.05 Å². The molecule has 4 rings (SSSR count). The third-order valence-corrected chi connectivity index (χ3v) is 5.76. The van der Waals surface area contributed by atoms with Gasteiger partial charge in [-0.3, -0.25) is 14.3 Å². The molecule has 10 nitrogen and oxygen atoms in total. The van der Waals surface area contributed by atoms with E-state index >= 15 is 0 Å². The van der Waals surface area contributed by atoms with Gasteiger partial charge in [0.15, 0.2) is 11.5 Å². The number of aromatic amines is 1. The minimum atomic E-state index is -0.348. The van der Waals surface area contributed by atoms with E-state index in [1.807, 2.05) is 20.0 Å². The van der Waals surface area contributed by atoms with Crippen LogP contribution in [0.25, 0.3) is 16.6 Å². The molecule has 2 N–H and O–H groups in total. The smallest absolute Gasteiger partial charge is 0.335 e. The molecule has 0 fully saturated rings. The van der Waals surface area contributed by atoms with Crippen LogP contribution in [-0.2, 0) is 20.0 Å². The molecule has 0 unspecified atom stereocenters. The molecule has 10 heteroatoms. The van der Waals surface area contributed by atoms with Crippen LogP contribution < -0.4 is 25.6 Å². The Morgan fingerprint density at radius 1 is 1.18 bits per heavy atom. The van der Waals surface area contributed by atoms with E-state index < -0.39 is 0 Å². The van der Waals surface area contributed by atoms with Gasteiger partial charge in [0.1, 0.15) is 0 Å². The molecule has 0 atom stereocenters. The fraction of sp³-hybridized carbons (Fsp3) is 0.292. The molecule has 0 aliphatic rings. The molecule has 0 bridgehead atoms. The highest BCUT2D eigenvalue weighted by Crippen LogP contribution is 2.36. The molecule has 2 aromatic carbocycles. The Morgan fingerprint density at radius 3 is 2.56 bits per heavy atom. The molecule has 0 saturated heterocycles. The Balaban J connectivity index is 1.72. The van der Waals surface area contributed by atoms with E-state index in [1.165, 1.54) is 15.3 Å². The molecule has 4 aromatic rings. The van der Waals surface area contributed by atoms with Gasteiger partial charge in [-0.2, -0.15) is 0 Å². The fourth-order valence-electron chi connectivity index (χ4n) is 4.15. The molecule has 0 spiro atoms. The minimum absolute atomic E-state index is 0.144. The molecule has 0 radical (unpaired) electrons. The first-order chi connectivity index (χ1) is 16.3. The lowest BCUT2D eigenvalue weighted by molar-refractivity contribution is 0.353. The van der Waals surface area contributed by atoms with E-state index in [4.69, 9.17) is 9.47 Å². The van der Waals surface area contributed by atoms with Crippen molar-refractivity contribution in [1.29, 1.82) is 0 Å². The summed E-state index contributed by atoms with van der Waals surface area (Å²) in [7, 11) is 6.48. The van der Waals surface area contributed by atoms with Gasteiger partial charge in [-0.25, -0.2) is 14.3 Å². The summed E-state index contributed by atoms with van der Waals surface area (Å²) >= 11 is 0. The Morgan fingerprint density at radius 2 is 1.94 bits per heavy atom. The number of ether oxygens (including phenoxy) is 2. The monoisotopic (exact) mass is 465 g/mol. The predicted molar refractivity (Wildman–Crippen MR) is 130 cm³/mol. The molecule has 0 aliphatic heterocycles. The van der Waals surface area contributed by atoms with Crippen molar-refractivity contribution >= 4 is 16.9 Å². The van der Waals surface area contributed by atoms with E-state index in [1.54, 1.807) is 50.4 Å². The van der Waals surface area contributed by atoms with Crippen LogP contribution in [0.3, 0.4) is 0 Å². The summed E-state index contributed by atoms with van der Waals surface area (Å²) in [6, 6.07) is 8.95. The van der Waals surface area contributed by atoms with Gasteiger partial charge in [0, 0.05) is 32.3 Å². The summed E-state index contributed by atoms with van der Waals surface area (Å²) < 4.78 is 13.5. The molecular weight excluding hydrogens is 438 g/mol. The summed E-state index contributed by atoms with van der Waals surface area (Å²) in [5.41, 5.74) is 2.03. The SMILES string of the molecule is CCc1c(OC)c(OC)cc2nc(N(C)Cc3cccc(-n4c(O)cn(C)c4=O)c3)[nH]c(=O)c12. The number of aromatic hydroxyl groups is 1. The highest BCUT2D eigenvalue weighted by Gasteiger charge is 2.19. The lowest BCUT2D eigenvalue weighted by atomic mass is 10.0. The van der Waals surface area contributed by atoms with Crippen LogP contribution in [0.4, 0.5) is 5.95 Å². The van der Waals surface area contributed by atoms with Gasteiger partial charge in [0.05, 0.1) is 37.0 Å². The van der Waals surface area contributed by atoms with Crippen LogP contribution in [0.15, 0.2) is 46.1 Å². The number of nitrogens with one attached hydrogen (secondary N) is 1. The molecule has 2 aromatic heterocycles. The number of methoxy groups -OCH3 is 2. The minimum Gasteiger partial charge on any atom is -0.493 e. The Labute approximate surface area is 195 Å². The quantitative estimate of drug-likeness (QED) is 0.431. The van der Waals surface area contributed by atoms with E-state index in [0.717, 1.165) is 11.1 Å². The standard InChI is InChI=1S/C24H27N5O5/c1-6-16-20-17(11-18(33-4)21(16)34-5)25-23(26-22(20)31)27(2)12-14-8-7-9-15(10-14)29-19(30)13-28(3)24(29)32/h7-11,13,30H,6,12H2,1-5H3,(H,25,26,31). The fourth-order valence-corrected chi connectivity index (χ4v) is 4.15. The molecule has 2 heterocycles. The average Bonchev–Trinajstić information content (AvgIpc) is 3.08. The summed E-state index contributed by atoms with van der Waals surface area (Å²) in [4.78, 5) is 34.7. The van der Waals surface area contributed by atoms with Crippen LogP contribution in [-0.4, -0.2) is 45.5 Å². The van der Waals surface area contributed by atoms with Gasteiger partial charge in [-0.05, 0) is 24.1 Å². The second-order valence-electron chi connectivity index (χ2n) is 7.97. The maximum absolute atomic E-state index is 13.0. The van der Waals surface area contributed by atoms with Gasteiger partial charge >= 0.3 is 5.69 Å². The molecule has 0 aliphatic carbocycles. The number of rotatable bonds is 7. The highest BCUT2D eigenvalue weighted by atomic mass is 16.5. The molecule has 178 valence electrons. The zero-order valence-electron chi connectivity index (χ0n) is 19.7. The van der Waals surface area contributed by atoms with Crippen molar-refractivity contribution in [1.82, 2.24) is 19.1 Å². The number of fused-ring (bicyclic) bond motifs is 1. The summed E-state index contributed by atoms with van der Waals surface area (Å²) in [5, 5.41) is 10.6. The van der Waals surface area contributed by atoms with Crippen molar-refractivity contribution in [3.8, 4) is 23.1 Å². The number of H-pyrrole nitrogens is 1. The number of imidazole rings is 1. The van der Waals surface area contributed by atoms with E-state index in [-0.39, 0.29) is 17.1 Å². The molecule has 34 heavy (non-hydrogen) atoms. The lowest BCUT2D eigenvalue weighted by Crippen LogP contribution is -2.24. The number of nitrogens with zero attached hydrogens (tertiary/aromatic N) is 4. The van der Waals surface area contributed by atoms with Crippen LogP contribution in [0, 0.1) is 0 Å². The number of hydrogen-bond donors (Lipinski definition) is 2. The second-order valence-corrected chi connectivity index (χ2v) is 7.97. The topological polar surface area (TPSA) is 115 Å². The Bertz CT molecular complexity index is 1480. The maximum Gasteiger partial charge on any atom is 0.335 e. The largest absolute Gasteiger partial charge is 0.493 e. The number of aryl methyl sites for hydroxylation is 2. The number of anilines is 1. The van der Waals surface area contributed by atoms with Gasteiger partial charge in [0.2, 0.25) is 11.8 Å². The first-order valence-corrected chi connectivity index (χ1v) is 10.7. The molecule has 0 saturated carbocycles. The average molecular weight is 466 g/mol.